The molecule has 0 amide bonds. The van der Waals surface area contributed by atoms with Crippen molar-refractivity contribution < 1.29 is 9.53 Å². The molecule has 0 saturated heterocycles. The van der Waals surface area contributed by atoms with Gasteiger partial charge in [-0.25, -0.2) is 0 Å². The summed E-state index contributed by atoms with van der Waals surface area (Å²) in [7, 11) is 3.19. The zero-order valence-electron chi connectivity index (χ0n) is 9.35. The first-order valence-corrected chi connectivity index (χ1v) is 5.65. The summed E-state index contributed by atoms with van der Waals surface area (Å²) in [4.78, 5) is 16.3. The number of halogens is 1. The van der Waals surface area contributed by atoms with E-state index in [4.69, 9.17) is 4.74 Å². The van der Waals surface area contributed by atoms with Crippen LogP contribution in [0.25, 0.3) is 0 Å². The fourth-order valence-corrected chi connectivity index (χ4v) is 1.69. The molecule has 2 rings (SSSR count). The highest BCUT2D eigenvalue weighted by Crippen LogP contribution is 2.20. The minimum atomic E-state index is -0.214. The molecule has 0 spiro atoms. The molecule has 0 aliphatic carbocycles. The highest BCUT2D eigenvalue weighted by molar-refractivity contribution is 9.10. The van der Waals surface area contributed by atoms with Crippen LogP contribution in [-0.2, 0) is 7.05 Å². The molecule has 2 aromatic heterocycles. The van der Waals surface area contributed by atoms with Gasteiger partial charge in [0.15, 0.2) is 11.4 Å². The summed E-state index contributed by atoms with van der Waals surface area (Å²) < 4.78 is 7.39. The molecule has 2 heterocycles. The Balaban J connectivity index is 2.43. The number of ketones is 1. The predicted molar refractivity (Wildman–Crippen MR) is 65.1 cm³/mol. The number of aromatic nitrogens is 3. The standard InChI is InChI=1S/C11H10BrN3O2/c1-15-10(9(17-2)6-14-15)11(16)8-4-3-7(12)5-13-8/h3-6H,1-2H3. The lowest BCUT2D eigenvalue weighted by Gasteiger charge is -2.03. The van der Waals surface area contributed by atoms with Crippen LogP contribution in [0.15, 0.2) is 29.0 Å². The van der Waals surface area contributed by atoms with Crippen molar-refractivity contribution in [1.82, 2.24) is 14.8 Å². The van der Waals surface area contributed by atoms with Gasteiger partial charge in [0.1, 0.15) is 5.69 Å². The summed E-state index contributed by atoms with van der Waals surface area (Å²) in [6.07, 6.45) is 3.09. The number of methoxy groups -OCH3 is 1. The Morgan fingerprint density at radius 2 is 2.18 bits per heavy atom. The van der Waals surface area contributed by atoms with Crippen molar-refractivity contribution in [2.24, 2.45) is 7.05 Å². The lowest BCUT2D eigenvalue weighted by molar-refractivity contribution is 0.102. The van der Waals surface area contributed by atoms with E-state index in [9.17, 15) is 4.79 Å². The Morgan fingerprint density at radius 3 is 2.76 bits per heavy atom. The zero-order chi connectivity index (χ0) is 12.4. The van der Waals surface area contributed by atoms with Crippen LogP contribution in [0.1, 0.15) is 16.2 Å². The van der Waals surface area contributed by atoms with Gasteiger partial charge in [0, 0.05) is 17.7 Å². The molecule has 0 atom stereocenters. The number of aryl methyl sites for hydroxylation is 1. The normalized spacial score (nSPS) is 10.3. The highest BCUT2D eigenvalue weighted by Gasteiger charge is 2.20. The maximum absolute atomic E-state index is 12.2. The molecule has 0 N–H and O–H groups in total. The Bertz CT molecular complexity index is 548. The van der Waals surface area contributed by atoms with E-state index in [0.717, 1.165) is 4.47 Å². The lowest BCUT2D eigenvalue weighted by atomic mass is 10.2. The van der Waals surface area contributed by atoms with Crippen LogP contribution in [-0.4, -0.2) is 27.7 Å². The third-order valence-corrected chi connectivity index (χ3v) is 2.77. The summed E-state index contributed by atoms with van der Waals surface area (Å²) in [5.74, 6) is 0.233. The Hall–Kier alpha value is -1.69. The van der Waals surface area contributed by atoms with Gasteiger partial charge in [0.25, 0.3) is 0 Å². The van der Waals surface area contributed by atoms with E-state index < -0.39 is 0 Å². The topological polar surface area (TPSA) is 57.0 Å². The van der Waals surface area contributed by atoms with Crippen molar-refractivity contribution in [2.45, 2.75) is 0 Å². The molecule has 0 radical (unpaired) electrons. The average molecular weight is 296 g/mol. The van der Waals surface area contributed by atoms with Crippen LogP contribution < -0.4 is 4.74 Å². The molecular weight excluding hydrogens is 286 g/mol. The molecule has 0 aromatic carbocycles. The van der Waals surface area contributed by atoms with Crippen molar-refractivity contribution in [2.75, 3.05) is 7.11 Å². The van der Waals surface area contributed by atoms with Gasteiger partial charge < -0.3 is 4.74 Å². The van der Waals surface area contributed by atoms with Crippen LogP contribution in [0, 0.1) is 0 Å². The summed E-state index contributed by atoms with van der Waals surface area (Å²) in [6.45, 7) is 0. The van der Waals surface area contributed by atoms with Gasteiger partial charge in [0.05, 0.1) is 13.3 Å². The number of carbonyl (C=O) groups excluding carboxylic acids is 1. The van der Waals surface area contributed by atoms with Crippen molar-refractivity contribution in [3.05, 3.63) is 40.4 Å². The second kappa shape index (κ2) is 4.67. The zero-order valence-corrected chi connectivity index (χ0v) is 10.9. The Labute approximate surface area is 107 Å². The van der Waals surface area contributed by atoms with Gasteiger partial charge >= 0.3 is 0 Å². The van der Waals surface area contributed by atoms with Gasteiger partial charge in [-0.2, -0.15) is 5.10 Å². The van der Waals surface area contributed by atoms with E-state index in [1.54, 1.807) is 25.4 Å². The molecule has 0 saturated carbocycles. The highest BCUT2D eigenvalue weighted by atomic mass is 79.9. The summed E-state index contributed by atoms with van der Waals surface area (Å²) in [5.41, 5.74) is 0.748. The SMILES string of the molecule is COc1cnn(C)c1C(=O)c1ccc(Br)cn1. The predicted octanol–water partition coefficient (Wildman–Crippen LogP) is 1.82. The van der Waals surface area contributed by atoms with E-state index in [-0.39, 0.29) is 5.78 Å². The van der Waals surface area contributed by atoms with Crippen LogP contribution in [0.4, 0.5) is 0 Å². The van der Waals surface area contributed by atoms with Gasteiger partial charge in [-0.3, -0.25) is 14.5 Å². The number of pyridine rings is 1. The molecule has 88 valence electrons. The van der Waals surface area contributed by atoms with Gasteiger partial charge in [-0.05, 0) is 28.1 Å². The molecule has 6 heteroatoms. The first-order valence-electron chi connectivity index (χ1n) is 4.85. The van der Waals surface area contributed by atoms with E-state index in [1.807, 2.05) is 0 Å². The fourth-order valence-electron chi connectivity index (χ4n) is 1.46. The number of ether oxygens (including phenoxy) is 1. The maximum atomic E-state index is 12.2. The number of nitrogens with zero attached hydrogens (tertiary/aromatic N) is 3. The third-order valence-electron chi connectivity index (χ3n) is 2.30. The maximum Gasteiger partial charge on any atom is 0.233 e. The van der Waals surface area contributed by atoms with Crippen LogP contribution in [0.2, 0.25) is 0 Å². The number of carbonyl (C=O) groups is 1. The quantitative estimate of drug-likeness (QED) is 0.811. The summed E-state index contributed by atoms with van der Waals surface area (Å²) in [5, 5.41) is 3.99. The lowest BCUT2D eigenvalue weighted by Crippen LogP contribution is -2.11. The van der Waals surface area contributed by atoms with E-state index in [2.05, 4.69) is 26.0 Å². The number of hydrogen-bond acceptors (Lipinski definition) is 4. The Kier molecular flexibility index (Phi) is 3.23. The van der Waals surface area contributed by atoms with Crippen LogP contribution >= 0.6 is 15.9 Å². The van der Waals surface area contributed by atoms with Crippen molar-refractivity contribution in [3.63, 3.8) is 0 Å². The average Bonchev–Trinajstić information content (AvgIpc) is 2.70. The minimum absolute atomic E-state index is 0.214. The second-order valence-electron chi connectivity index (χ2n) is 3.38. The number of rotatable bonds is 3. The molecule has 0 unspecified atom stereocenters. The Morgan fingerprint density at radius 1 is 1.41 bits per heavy atom. The minimum Gasteiger partial charge on any atom is -0.493 e. The summed E-state index contributed by atoms with van der Waals surface area (Å²) >= 11 is 3.27. The monoisotopic (exact) mass is 295 g/mol. The number of hydrogen-bond donors (Lipinski definition) is 0. The van der Waals surface area contributed by atoms with E-state index >= 15 is 0 Å². The van der Waals surface area contributed by atoms with Gasteiger partial charge in [-0.1, -0.05) is 0 Å². The fraction of sp³-hybridized carbons (Fsp3) is 0.182. The van der Waals surface area contributed by atoms with Crippen molar-refractivity contribution >= 4 is 21.7 Å². The molecule has 2 aromatic rings. The summed E-state index contributed by atoms with van der Waals surface area (Å²) in [6, 6.07) is 3.42. The van der Waals surface area contributed by atoms with Gasteiger partial charge in [0.2, 0.25) is 5.78 Å². The van der Waals surface area contributed by atoms with Crippen molar-refractivity contribution in [3.8, 4) is 5.75 Å². The molecule has 5 nitrogen and oxygen atoms in total. The largest absolute Gasteiger partial charge is 0.493 e. The third kappa shape index (κ3) is 2.21. The molecule has 17 heavy (non-hydrogen) atoms. The smallest absolute Gasteiger partial charge is 0.233 e. The second-order valence-corrected chi connectivity index (χ2v) is 4.29. The molecule has 0 aliphatic heterocycles. The van der Waals surface area contributed by atoms with E-state index in [0.29, 0.717) is 17.1 Å². The first-order chi connectivity index (χ1) is 8.13. The van der Waals surface area contributed by atoms with Crippen molar-refractivity contribution in [1.29, 1.82) is 0 Å². The first kappa shape index (κ1) is 11.8. The molecule has 0 bridgehead atoms. The van der Waals surface area contributed by atoms with Crippen LogP contribution in [0.5, 0.6) is 5.75 Å². The van der Waals surface area contributed by atoms with E-state index in [1.165, 1.54) is 18.0 Å². The van der Waals surface area contributed by atoms with Gasteiger partial charge in [-0.15, -0.1) is 0 Å². The molecule has 0 fully saturated rings. The van der Waals surface area contributed by atoms with Crippen LogP contribution in [0.3, 0.4) is 0 Å². The molecule has 0 aliphatic rings. The molecular formula is C11H10BrN3O2.